The van der Waals surface area contributed by atoms with E-state index >= 15 is 0 Å². The van der Waals surface area contributed by atoms with Crippen molar-refractivity contribution in [2.45, 2.75) is 70.3 Å². The van der Waals surface area contributed by atoms with E-state index in [9.17, 15) is 14.3 Å². The number of piperidine rings is 1. The molecule has 0 radical (unpaired) electrons. The van der Waals surface area contributed by atoms with Crippen LogP contribution in [0.4, 0.5) is 4.39 Å². The second-order valence-electron chi connectivity index (χ2n) is 11.6. The van der Waals surface area contributed by atoms with Crippen molar-refractivity contribution >= 4 is 17.6 Å². The zero-order valence-corrected chi connectivity index (χ0v) is 23.4. The zero-order chi connectivity index (χ0) is 26.7. The number of rotatable bonds is 10. The largest absolute Gasteiger partial charge is 0.480 e. The lowest BCUT2D eigenvalue weighted by Crippen LogP contribution is -2.43. The van der Waals surface area contributed by atoms with Crippen LogP contribution in [0, 0.1) is 23.6 Å². The Kier molecular flexibility index (Phi) is 11.5. The number of benzene rings is 2. The van der Waals surface area contributed by atoms with Crippen molar-refractivity contribution in [3.63, 3.8) is 0 Å². The van der Waals surface area contributed by atoms with Crippen LogP contribution >= 0.6 is 11.6 Å². The number of carbonyl (C=O) groups is 1. The molecule has 2 heterocycles. The minimum atomic E-state index is -0.625. The van der Waals surface area contributed by atoms with Crippen molar-refractivity contribution in [2.24, 2.45) is 17.8 Å². The summed E-state index contributed by atoms with van der Waals surface area (Å²) < 4.78 is 13.2. The predicted molar refractivity (Wildman–Crippen MR) is 153 cm³/mol. The smallest absolute Gasteiger partial charge is 0.320 e. The Morgan fingerprint density at radius 2 is 1.61 bits per heavy atom. The second kappa shape index (κ2) is 15.0. The van der Waals surface area contributed by atoms with Gasteiger partial charge in [0, 0.05) is 18.1 Å². The Morgan fingerprint density at radius 1 is 0.947 bits per heavy atom. The van der Waals surface area contributed by atoms with Crippen molar-refractivity contribution in [3.05, 3.63) is 71.0 Å². The lowest BCUT2D eigenvalue weighted by Gasteiger charge is -2.34. The second-order valence-corrected chi connectivity index (χ2v) is 12.0. The molecule has 2 atom stereocenters. The topological polar surface area (TPSA) is 43.8 Å². The highest BCUT2D eigenvalue weighted by Crippen LogP contribution is 2.33. The molecule has 0 unspecified atom stereocenters. The molecule has 1 aliphatic carbocycles. The molecule has 0 amide bonds. The Hall–Kier alpha value is -1.95. The first kappa shape index (κ1) is 29.0. The highest BCUT2D eigenvalue weighted by atomic mass is 35.5. The number of hydrogen-bond donors (Lipinski definition) is 1. The number of likely N-dealkylation sites (tertiary alicyclic amines) is 2. The van der Waals surface area contributed by atoms with E-state index < -0.39 is 5.97 Å². The number of aryl methyl sites for hydroxylation is 1. The minimum absolute atomic E-state index is 0.270. The van der Waals surface area contributed by atoms with Gasteiger partial charge in [0.1, 0.15) is 11.9 Å². The predicted octanol–water partition coefficient (Wildman–Crippen LogP) is 7.17. The molecule has 0 spiro atoms. The highest BCUT2D eigenvalue weighted by molar-refractivity contribution is 6.31. The van der Waals surface area contributed by atoms with E-state index in [0.717, 1.165) is 69.9 Å². The maximum atomic E-state index is 13.2. The van der Waals surface area contributed by atoms with Gasteiger partial charge in [0.2, 0.25) is 0 Å². The van der Waals surface area contributed by atoms with Gasteiger partial charge >= 0.3 is 5.97 Å². The number of carboxylic acid groups (broad SMARTS) is 1. The molecule has 208 valence electrons. The average molecular weight is 543 g/mol. The Morgan fingerprint density at radius 3 is 2.18 bits per heavy atom. The lowest BCUT2D eigenvalue weighted by atomic mass is 9.80. The third kappa shape index (κ3) is 9.07. The fraction of sp³-hybridized carbons (Fsp3) is 0.594. The molecule has 2 aliphatic heterocycles. The van der Waals surface area contributed by atoms with E-state index in [1.54, 1.807) is 0 Å². The van der Waals surface area contributed by atoms with Crippen molar-refractivity contribution in [1.29, 1.82) is 0 Å². The van der Waals surface area contributed by atoms with Gasteiger partial charge in [-0.3, -0.25) is 9.69 Å². The summed E-state index contributed by atoms with van der Waals surface area (Å²) in [6.07, 6.45) is 11.4. The van der Waals surface area contributed by atoms with Crippen LogP contribution in [0.1, 0.15) is 63.4 Å². The van der Waals surface area contributed by atoms with Gasteiger partial charge in [-0.25, -0.2) is 4.39 Å². The summed E-state index contributed by atoms with van der Waals surface area (Å²) in [6, 6.07) is 16.4. The van der Waals surface area contributed by atoms with E-state index in [2.05, 4.69) is 9.80 Å². The number of nitrogens with zero attached hydrogens (tertiary/aromatic N) is 2. The average Bonchev–Trinajstić information content (AvgIpc) is 3.35. The highest BCUT2D eigenvalue weighted by Gasteiger charge is 2.36. The van der Waals surface area contributed by atoms with Crippen LogP contribution in [0.25, 0.3) is 0 Å². The number of hydrogen-bond acceptors (Lipinski definition) is 3. The van der Waals surface area contributed by atoms with Gasteiger partial charge in [0.25, 0.3) is 0 Å². The van der Waals surface area contributed by atoms with E-state index in [4.69, 9.17) is 11.6 Å². The molecular weight excluding hydrogens is 499 g/mol. The molecule has 6 heteroatoms. The number of halogens is 2. The van der Waals surface area contributed by atoms with E-state index in [1.807, 2.05) is 42.5 Å². The van der Waals surface area contributed by atoms with Crippen molar-refractivity contribution in [1.82, 2.24) is 9.80 Å². The molecule has 3 aliphatic rings. The van der Waals surface area contributed by atoms with Crippen LogP contribution in [0.2, 0.25) is 5.02 Å². The molecule has 3 fully saturated rings. The summed E-state index contributed by atoms with van der Waals surface area (Å²) in [7, 11) is 0. The van der Waals surface area contributed by atoms with Gasteiger partial charge < -0.3 is 10.0 Å². The quantitative estimate of drug-likeness (QED) is 0.346. The van der Waals surface area contributed by atoms with Crippen LogP contribution in [-0.2, 0) is 11.2 Å². The van der Waals surface area contributed by atoms with Crippen molar-refractivity contribution < 1.29 is 14.3 Å². The SMILES string of the molecule is O=C(O)[C@@H](CC1CCC1)N1CC[C@@H](CN2CCC(CCCc3ccc(F)cc3Cl)CC2)C1.c1ccccc1. The molecule has 0 aromatic heterocycles. The Labute approximate surface area is 233 Å². The van der Waals surface area contributed by atoms with Crippen molar-refractivity contribution in [2.75, 3.05) is 32.7 Å². The molecule has 5 rings (SSSR count). The molecule has 2 aromatic rings. The third-order valence-electron chi connectivity index (χ3n) is 8.79. The first-order valence-electron chi connectivity index (χ1n) is 14.6. The van der Waals surface area contributed by atoms with E-state index in [-0.39, 0.29) is 11.9 Å². The van der Waals surface area contributed by atoms with Crippen molar-refractivity contribution in [3.8, 4) is 0 Å². The zero-order valence-electron chi connectivity index (χ0n) is 22.6. The monoisotopic (exact) mass is 542 g/mol. The minimum Gasteiger partial charge on any atom is -0.480 e. The molecule has 1 N–H and O–H groups in total. The molecule has 2 saturated heterocycles. The Balaban J connectivity index is 0.000000494. The van der Waals surface area contributed by atoms with Crippen LogP contribution in [-0.4, -0.2) is 59.6 Å². The first-order valence-corrected chi connectivity index (χ1v) is 15.0. The van der Waals surface area contributed by atoms with Gasteiger partial charge in [-0.1, -0.05) is 79.7 Å². The summed E-state index contributed by atoms with van der Waals surface area (Å²) in [4.78, 5) is 16.7. The van der Waals surface area contributed by atoms with Gasteiger partial charge in [0.05, 0.1) is 0 Å². The normalized spacial score (nSPS) is 21.9. The number of carboxylic acids is 1. The lowest BCUT2D eigenvalue weighted by molar-refractivity contribution is -0.144. The summed E-state index contributed by atoms with van der Waals surface area (Å²) in [5, 5.41) is 10.3. The maximum absolute atomic E-state index is 13.2. The standard InChI is InChI=1S/C26H38ClFN2O2.C6H6/c27-24-16-23(28)8-7-22(24)6-2-3-19-9-12-29(13-10-19)17-21-11-14-30(18-21)25(26(31)32)15-20-4-1-5-20;1-2-4-6-5-3-1/h7-8,16,19-21,25H,1-6,9-15,17-18H2,(H,31,32);1-6H/t21-,25+;/m0./s1. The third-order valence-corrected chi connectivity index (χ3v) is 9.14. The van der Waals surface area contributed by atoms with E-state index in [1.165, 1.54) is 50.7 Å². The first-order chi connectivity index (χ1) is 18.5. The molecule has 1 saturated carbocycles. The van der Waals surface area contributed by atoms with Gasteiger partial charge in [-0.15, -0.1) is 0 Å². The molecule has 38 heavy (non-hydrogen) atoms. The van der Waals surface area contributed by atoms with Gasteiger partial charge in [-0.2, -0.15) is 0 Å². The summed E-state index contributed by atoms with van der Waals surface area (Å²) in [5.41, 5.74) is 1.05. The molecular formula is C32H44ClFN2O2. The molecule has 0 bridgehead atoms. The number of aliphatic carboxylic acids is 1. The fourth-order valence-electron chi connectivity index (χ4n) is 6.26. The van der Waals surface area contributed by atoms with E-state index in [0.29, 0.717) is 16.9 Å². The van der Waals surface area contributed by atoms with Crippen LogP contribution in [0.15, 0.2) is 54.6 Å². The molecule has 4 nitrogen and oxygen atoms in total. The summed E-state index contributed by atoms with van der Waals surface area (Å²) in [5.74, 6) is 1.11. The van der Waals surface area contributed by atoms with Crippen LogP contribution in [0.3, 0.4) is 0 Å². The summed E-state index contributed by atoms with van der Waals surface area (Å²) in [6.45, 7) is 5.31. The van der Waals surface area contributed by atoms with Crippen LogP contribution in [0.5, 0.6) is 0 Å². The molecule has 2 aromatic carbocycles. The van der Waals surface area contributed by atoms with Crippen LogP contribution < -0.4 is 0 Å². The van der Waals surface area contributed by atoms with Gasteiger partial charge in [0.15, 0.2) is 0 Å². The Bertz CT molecular complexity index is 952. The van der Waals surface area contributed by atoms with Gasteiger partial charge in [-0.05, 0) is 93.6 Å². The summed E-state index contributed by atoms with van der Waals surface area (Å²) >= 11 is 6.15. The maximum Gasteiger partial charge on any atom is 0.320 e. The fourth-order valence-corrected chi connectivity index (χ4v) is 6.52.